The minimum Gasteiger partial charge on any atom is -0.371 e. The molecule has 3 aromatic rings. The van der Waals surface area contributed by atoms with E-state index in [-0.39, 0.29) is 5.91 Å². The van der Waals surface area contributed by atoms with Gasteiger partial charge in [0.25, 0.3) is 5.91 Å². The van der Waals surface area contributed by atoms with Crippen molar-refractivity contribution in [3.05, 3.63) is 71.0 Å². The van der Waals surface area contributed by atoms with E-state index < -0.39 is 0 Å². The number of halogens is 1. The van der Waals surface area contributed by atoms with Gasteiger partial charge in [-0.1, -0.05) is 23.7 Å². The second-order valence-corrected chi connectivity index (χ2v) is 6.72. The van der Waals surface area contributed by atoms with Crippen molar-refractivity contribution < 1.29 is 4.79 Å². The lowest BCUT2D eigenvalue weighted by molar-refractivity contribution is 0.102. The van der Waals surface area contributed by atoms with Crippen LogP contribution in [0.15, 0.2) is 54.9 Å². The van der Waals surface area contributed by atoms with Crippen LogP contribution < -0.4 is 10.2 Å². The van der Waals surface area contributed by atoms with Crippen molar-refractivity contribution in [1.29, 1.82) is 0 Å². The average molecular weight is 367 g/mol. The normalized spacial score (nSPS) is 12.9. The van der Waals surface area contributed by atoms with E-state index >= 15 is 0 Å². The predicted octanol–water partition coefficient (Wildman–Crippen LogP) is 4.16. The molecule has 0 saturated heterocycles. The van der Waals surface area contributed by atoms with Gasteiger partial charge in [-0.2, -0.15) is 5.10 Å². The van der Waals surface area contributed by atoms with Crippen molar-refractivity contribution in [1.82, 2.24) is 9.78 Å². The predicted molar refractivity (Wildman–Crippen MR) is 105 cm³/mol. The molecule has 132 valence electrons. The van der Waals surface area contributed by atoms with E-state index in [9.17, 15) is 4.79 Å². The lowest BCUT2D eigenvalue weighted by Crippen LogP contribution is -2.19. The number of carbonyl (C=O) groups excluding carboxylic acids is 1. The van der Waals surface area contributed by atoms with Crippen molar-refractivity contribution in [2.24, 2.45) is 0 Å². The number of aromatic nitrogens is 2. The fourth-order valence-corrected chi connectivity index (χ4v) is 3.44. The largest absolute Gasteiger partial charge is 0.371 e. The number of benzene rings is 2. The molecule has 0 bridgehead atoms. The van der Waals surface area contributed by atoms with Gasteiger partial charge in [-0.05, 0) is 49.2 Å². The number of hydrogen-bond donors (Lipinski definition) is 1. The summed E-state index contributed by atoms with van der Waals surface area (Å²) in [5, 5.41) is 7.85. The highest BCUT2D eigenvalue weighted by molar-refractivity contribution is 6.30. The first kappa shape index (κ1) is 16.7. The Balaban J connectivity index is 1.53. The van der Waals surface area contributed by atoms with Crippen LogP contribution >= 0.6 is 11.6 Å². The number of rotatable bonds is 4. The lowest BCUT2D eigenvalue weighted by Gasteiger charge is -2.17. The highest BCUT2D eigenvalue weighted by atomic mass is 35.5. The molecule has 1 aliphatic heterocycles. The molecule has 1 aromatic heterocycles. The third kappa shape index (κ3) is 3.18. The van der Waals surface area contributed by atoms with Crippen LogP contribution in [0.3, 0.4) is 0 Å². The highest BCUT2D eigenvalue weighted by Crippen LogP contribution is 2.30. The molecule has 0 unspecified atom stereocenters. The Morgan fingerprint density at radius 3 is 2.96 bits per heavy atom. The molecular formula is C20H19ClN4O. The average Bonchev–Trinajstić information content (AvgIpc) is 3.28. The first-order valence-corrected chi connectivity index (χ1v) is 9.01. The lowest BCUT2D eigenvalue weighted by atomic mass is 10.1. The van der Waals surface area contributed by atoms with Gasteiger partial charge in [0, 0.05) is 35.7 Å². The minimum atomic E-state index is -0.181. The maximum Gasteiger partial charge on any atom is 0.258 e. The molecule has 1 aliphatic rings. The molecule has 4 rings (SSSR count). The molecular weight excluding hydrogens is 348 g/mol. The van der Waals surface area contributed by atoms with Gasteiger partial charge < -0.3 is 10.2 Å². The van der Waals surface area contributed by atoms with E-state index in [0.29, 0.717) is 10.6 Å². The van der Waals surface area contributed by atoms with Crippen LogP contribution in [0.2, 0.25) is 5.02 Å². The molecule has 1 amide bonds. The number of amides is 1. The Bertz CT molecular complexity index is 966. The summed E-state index contributed by atoms with van der Waals surface area (Å²) in [4.78, 5) is 14.9. The number of carbonyl (C=O) groups is 1. The summed E-state index contributed by atoms with van der Waals surface area (Å²) in [5.41, 5.74) is 4.65. The van der Waals surface area contributed by atoms with E-state index in [4.69, 9.17) is 11.6 Å². The van der Waals surface area contributed by atoms with Crippen LogP contribution in [-0.2, 0) is 6.42 Å². The van der Waals surface area contributed by atoms with Crippen LogP contribution in [0.5, 0.6) is 0 Å². The molecule has 0 spiro atoms. The van der Waals surface area contributed by atoms with Gasteiger partial charge in [0.2, 0.25) is 0 Å². The summed E-state index contributed by atoms with van der Waals surface area (Å²) < 4.78 is 1.64. The van der Waals surface area contributed by atoms with Crippen LogP contribution in [0.4, 0.5) is 11.4 Å². The third-order valence-electron chi connectivity index (χ3n) is 4.63. The molecule has 2 aromatic carbocycles. The summed E-state index contributed by atoms with van der Waals surface area (Å²) in [7, 11) is 0. The topological polar surface area (TPSA) is 50.2 Å². The SMILES string of the molecule is CCN1CCc2ccc(NC(=O)c3cnn(-c4cccc(Cl)c4)c3)cc21. The smallest absolute Gasteiger partial charge is 0.258 e. The first-order valence-electron chi connectivity index (χ1n) is 8.64. The van der Waals surface area contributed by atoms with E-state index in [1.807, 2.05) is 24.3 Å². The van der Waals surface area contributed by atoms with Crippen LogP contribution in [0.1, 0.15) is 22.8 Å². The van der Waals surface area contributed by atoms with Crippen LogP contribution in [0, 0.1) is 0 Å². The molecule has 0 saturated carbocycles. The van der Waals surface area contributed by atoms with Gasteiger partial charge >= 0.3 is 0 Å². The summed E-state index contributed by atoms with van der Waals surface area (Å²) in [5.74, 6) is -0.181. The highest BCUT2D eigenvalue weighted by Gasteiger charge is 2.18. The van der Waals surface area contributed by atoms with E-state index in [1.54, 1.807) is 29.2 Å². The molecule has 0 aliphatic carbocycles. The van der Waals surface area contributed by atoms with E-state index in [0.717, 1.165) is 30.9 Å². The standard InChI is InChI=1S/C20H19ClN4O/c1-2-24-9-8-14-6-7-17(11-19(14)24)23-20(26)15-12-22-25(13-15)18-5-3-4-16(21)10-18/h3-7,10-13H,2,8-9H2,1H3,(H,23,26). The monoisotopic (exact) mass is 366 g/mol. The second-order valence-electron chi connectivity index (χ2n) is 6.28. The molecule has 0 atom stereocenters. The quantitative estimate of drug-likeness (QED) is 0.754. The summed E-state index contributed by atoms with van der Waals surface area (Å²) in [6.07, 6.45) is 4.32. The van der Waals surface area contributed by atoms with Crippen molar-refractivity contribution in [2.45, 2.75) is 13.3 Å². The van der Waals surface area contributed by atoms with E-state index in [1.165, 1.54) is 11.3 Å². The molecule has 6 heteroatoms. The number of hydrogen-bond acceptors (Lipinski definition) is 3. The Hall–Kier alpha value is -2.79. The fourth-order valence-electron chi connectivity index (χ4n) is 3.25. The summed E-state index contributed by atoms with van der Waals surface area (Å²) >= 11 is 6.02. The van der Waals surface area contributed by atoms with Gasteiger partial charge in [-0.15, -0.1) is 0 Å². The molecule has 26 heavy (non-hydrogen) atoms. The van der Waals surface area contributed by atoms with Crippen LogP contribution in [-0.4, -0.2) is 28.8 Å². The Labute approximate surface area is 157 Å². The van der Waals surface area contributed by atoms with Gasteiger partial charge in [0.1, 0.15) is 0 Å². The second kappa shape index (κ2) is 6.84. The Morgan fingerprint density at radius 1 is 1.27 bits per heavy atom. The van der Waals surface area contributed by atoms with Gasteiger partial charge in [-0.25, -0.2) is 4.68 Å². The number of nitrogens with zero attached hydrogens (tertiary/aromatic N) is 3. The Morgan fingerprint density at radius 2 is 2.15 bits per heavy atom. The number of likely N-dealkylation sites (N-methyl/N-ethyl adjacent to an activating group) is 1. The van der Waals surface area contributed by atoms with Crippen molar-refractivity contribution in [2.75, 3.05) is 23.3 Å². The van der Waals surface area contributed by atoms with Crippen LogP contribution in [0.25, 0.3) is 5.69 Å². The van der Waals surface area contributed by atoms with Crippen molar-refractivity contribution in [3.63, 3.8) is 0 Å². The van der Waals surface area contributed by atoms with E-state index in [2.05, 4.69) is 28.3 Å². The fraction of sp³-hybridized carbons (Fsp3) is 0.200. The van der Waals surface area contributed by atoms with Gasteiger partial charge in [0.05, 0.1) is 17.4 Å². The molecule has 0 fully saturated rings. The van der Waals surface area contributed by atoms with Crippen molar-refractivity contribution in [3.8, 4) is 5.69 Å². The van der Waals surface area contributed by atoms with Gasteiger partial charge in [0.15, 0.2) is 0 Å². The molecule has 2 heterocycles. The molecule has 1 N–H and O–H groups in total. The Kier molecular flexibility index (Phi) is 4.39. The maximum absolute atomic E-state index is 12.6. The summed E-state index contributed by atoms with van der Waals surface area (Å²) in [6, 6.07) is 13.4. The number of nitrogens with one attached hydrogen (secondary N) is 1. The maximum atomic E-state index is 12.6. The third-order valence-corrected chi connectivity index (χ3v) is 4.87. The zero-order chi connectivity index (χ0) is 18.1. The minimum absolute atomic E-state index is 0.181. The zero-order valence-electron chi connectivity index (χ0n) is 14.4. The first-order chi connectivity index (χ1) is 12.6. The molecule has 5 nitrogen and oxygen atoms in total. The zero-order valence-corrected chi connectivity index (χ0v) is 15.2. The molecule has 0 radical (unpaired) electrons. The number of fused-ring (bicyclic) bond motifs is 1. The van der Waals surface area contributed by atoms with Gasteiger partial charge in [-0.3, -0.25) is 4.79 Å². The summed E-state index contributed by atoms with van der Waals surface area (Å²) in [6.45, 7) is 4.15. The number of anilines is 2. The van der Waals surface area contributed by atoms with Crippen molar-refractivity contribution >= 4 is 28.9 Å².